The van der Waals surface area contributed by atoms with Gasteiger partial charge in [-0.2, -0.15) is 0 Å². The van der Waals surface area contributed by atoms with Crippen LogP contribution in [0.2, 0.25) is 5.02 Å². The Kier molecular flexibility index (Phi) is 5.86. The molecule has 0 aliphatic heterocycles. The Balaban J connectivity index is 2.20. The molecule has 0 spiro atoms. The van der Waals surface area contributed by atoms with Gasteiger partial charge in [-0.25, -0.2) is 4.39 Å². The normalized spacial score (nSPS) is 23.9. The predicted molar refractivity (Wildman–Crippen MR) is 83.9 cm³/mol. The Hall–Kier alpha value is -0.600. The van der Waals surface area contributed by atoms with Crippen molar-refractivity contribution in [1.29, 1.82) is 0 Å². The fourth-order valence-corrected chi connectivity index (χ4v) is 3.48. The lowest BCUT2D eigenvalue weighted by Crippen LogP contribution is -2.31. The molecule has 1 fully saturated rings. The highest BCUT2D eigenvalue weighted by molar-refractivity contribution is 6.31. The van der Waals surface area contributed by atoms with Crippen LogP contribution in [0.4, 0.5) is 4.39 Å². The third-order valence-corrected chi connectivity index (χ3v) is 4.65. The summed E-state index contributed by atoms with van der Waals surface area (Å²) < 4.78 is 13.6. The number of halogens is 2. The van der Waals surface area contributed by atoms with E-state index in [0.717, 1.165) is 18.5 Å². The van der Waals surface area contributed by atoms with Gasteiger partial charge < -0.3 is 5.32 Å². The van der Waals surface area contributed by atoms with E-state index >= 15 is 0 Å². The second kappa shape index (κ2) is 7.42. The molecule has 112 valence electrons. The monoisotopic (exact) mass is 297 g/mol. The average molecular weight is 298 g/mol. The molecule has 0 saturated heterocycles. The molecular formula is C17H25ClFN. The van der Waals surface area contributed by atoms with Gasteiger partial charge in [0.15, 0.2) is 0 Å². The van der Waals surface area contributed by atoms with E-state index in [4.69, 9.17) is 11.6 Å². The Morgan fingerprint density at radius 1 is 1.25 bits per heavy atom. The van der Waals surface area contributed by atoms with Crippen molar-refractivity contribution in [2.24, 2.45) is 5.92 Å². The first-order chi connectivity index (χ1) is 9.58. The van der Waals surface area contributed by atoms with Crippen molar-refractivity contribution in [1.82, 2.24) is 5.32 Å². The molecule has 0 amide bonds. The molecule has 1 aromatic carbocycles. The van der Waals surface area contributed by atoms with Crippen molar-refractivity contribution in [3.63, 3.8) is 0 Å². The molecule has 2 atom stereocenters. The summed E-state index contributed by atoms with van der Waals surface area (Å²) in [7, 11) is 0. The van der Waals surface area contributed by atoms with E-state index in [0.29, 0.717) is 22.9 Å². The fraction of sp³-hybridized carbons (Fsp3) is 0.647. The standard InChI is InChI=1S/C17H25ClFN/c1-12(2)20-11-13-6-4-3-5-7-15(13)16-10-14(19)8-9-17(16)18/h8-10,12-13,15,20H,3-7,11H2,1-2H3. The van der Waals surface area contributed by atoms with E-state index in [-0.39, 0.29) is 5.82 Å². The number of hydrogen-bond acceptors (Lipinski definition) is 1. The van der Waals surface area contributed by atoms with Crippen molar-refractivity contribution in [2.75, 3.05) is 6.54 Å². The van der Waals surface area contributed by atoms with Gasteiger partial charge in [-0.15, -0.1) is 0 Å². The van der Waals surface area contributed by atoms with Gasteiger partial charge in [-0.1, -0.05) is 44.7 Å². The maximum Gasteiger partial charge on any atom is 0.123 e. The SMILES string of the molecule is CC(C)NCC1CCCCCC1c1cc(F)ccc1Cl. The Morgan fingerprint density at radius 2 is 2.00 bits per heavy atom. The molecule has 1 aromatic rings. The van der Waals surface area contributed by atoms with Crippen LogP contribution in [0.1, 0.15) is 57.4 Å². The first-order valence-corrected chi connectivity index (χ1v) is 8.14. The highest BCUT2D eigenvalue weighted by Gasteiger charge is 2.27. The molecule has 1 N–H and O–H groups in total. The highest BCUT2D eigenvalue weighted by atomic mass is 35.5. The van der Waals surface area contributed by atoms with Gasteiger partial charge in [0, 0.05) is 11.1 Å². The van der Waals surface area contributed by atoms with Crippen LogP contribution < -0.4 is 5.32 Å². The first-order valence-electron chi connectivity index (χ1n) is 7.76. The summed E-state index contributed by atoms with van der Waals surface area (Å²) >= 11 is 6.32. The second-order valence-electron chi connectivity index (χ2n) is 6.23. The molecule has 0 aromatic heterocycles. The summed E-state index contributed by atoms with van der Waals surface area (Å²) in [5.74, 6) is 0.760. The summed E-state index contributed by atoms with van der Waals surface area (Å²) in [6.07, 6.45) is 6.09. The van der Waals surface area contributed by atoms with Gasteiger partial charge >= 0.3 is 0 Å². The van der Waals surface area contributed by atoms with Gasteiger partial charge in [0.2, 0.25) is 0 Å². The highest BCUT2D eigenvalue weighted by Crippen LogP contribution is 2.39. The summed E-state index contributed by atoms with van der Waals surface area (Å²) in [5, 5.41) is 4.26. The van der Waals surface area contributed by atoms with Crippen molar-refractivity contribution >= 4 is 11.6 Å². The van der Waals surface area contributed by atoms with E-state index < -0.39 is 0 Å². The zero-order valence-corrected chi connectivity index (χ0v) is 13.2. The zero-order chi connectivity index (χ0) is 14.5. The second-order valence-corrected chi connectivity index (χ2v) is 6.64. The molecule has 2 unspecified atom stereocenters. The lowest BCUT2D eigenvalue weighted by atomic mass is 9.82. The smallest absolute Gasteiger partial charge is 0.123 e. The van der Waals surface area contributed by atoms with Crippen molar-refractivity contribution in [2.45, 2.75) is 57.9 Å². The summed E-state index contributed by atoms with van der Waals surface area (Å²) in [6.45, 7) is 5.33. The molecule has 0 bridgehead atoms. The Morgan fingerprint density at radius 3 is 2.75 bits per heavy atom. The third-order valence-electron chi connectivity index (χ3n) is 4.30. The lowest BCUT2D eigenvalue weighted by Gasteiger charge is -2.27. The average Bonchev–Trinajstić information content (AvgIpc) is 2.64. The van der Waals surface area contributed by atoms with Crippen LogP contribution in [-0.4, -0.2) is 12.6 Å². The molecule has 1 aliphatic rings. The molecule has 2 rings (SSSR count). The quantitative estimate of drug-likeness (QED) is 0.759. The van der Waals surface area contributed by atoms with Crippen LogP contribution in [0.3, 0.4) is 0 Å². The maximum absolute atomic E-state index is 13.6. The van der Waals surface area contributed by atoms with E-state index in [1.807, 2.05) is 0 Å². The molecule has 1 saturated carbocycles. The van der Waals surface area contributed by atoms with Gasteiger partial charge in [0.25, 0.3) is 0 Å². The third kappa shape index (κ3) is 4.20. The van der Waals surface area contributed by atoms with Crippen molar-refractivity contribution in [3.8, 4) is 0 Å². The van der Waals surface area contributed by atoms with Crippen LogP contribution in [0.5, 0.6) is 0 Å². The van der Waals surface area contributed by atoms with Crippen molar-refractivity contribution in [3.05, 3.63) is 34.6 Å². The van der Waals surface area contributed by atoms with Crippen LogP contribution in [0.25, 0.3) is 0 Å². The summed E-state index contributed by atoms with van der Waals surface area (Å²) in [6, 6.07) is 5.27. The number of nitrogens with one attached hydrogen (secondary N) is 1. The molecule has 1 nitrogen and oxygen atoms in total. The summed E-state index contributed by atoms with van der Waals surface area (Å²) in [4.78, 5) is 0. The molecule has 0 heterocycles. The lowest BCUT2D eigenvalue weighted by molar-refractivity contribution is 0.362. The van der Waals surface area contributed by atoms with E-state index in [9.17, 15) is 4.39 Å². The zero-order valence-electron chi connectivity index (χ0n) is 12.5. The van der Waals surface area contributed by atoms with Gasteiger partial charge in [-0.05, 0) is 55.0 Å². The van der Waals surface area contributed by atoms with E-state index in [2.05, 4.69) is 19.2 Å². The minimum atomic E-state index is -0.177. The number of benzene rings is 1. The summed E-state index contributed by atoms with van der Waals surface area (Å²) in [5.41, 5.74) is 1.00. The molecule has 20 heavy (non-hydrogen) atoms. The minimum absolute atomic E-state index is 0.177. The van der Waals surface area contributed by atoms with Crippen molar-refractivity contribution < 1.29 is 4.39 Å². The first kappa shape index (κ1) is 15.8. The maximum atomic E-state index is 13.6. The van der Waals surface area contributed by atoms with Crippen LogP contribution in [0.15, 0.2) is 18.2 Å². The Labute approximate surface area is 126 Å². The van der Waals surface area contributed by atoms with Gasteiger partial charge in [0.05, 0.1) is 0 Å². The van der Waals surface area contributed by atoms with Gasteiger partial charge in [-0.3, -0.25) is 0 Å². The largest absolute Gasteiger partial charge is 0.314 e. The number of hydrogen-bond donors (Lipinski definition) is 1. The van der Waals surface area contributed by atoms with Gasteiger partial charge in [0.1, 0.15) is 5.82 Å². The number of rotatable bonds is 4. The predicted octanol–water partition coefficient (Wildman–Crippen LogP) is 5.14. The molecule has 1 aliphatic carbocycles. The minimum Gasteiger partial charge on any atom is -0.314 e. The fourth-order valence-electron chi connectivity index (χ4n) is 3.22. The van der Waals surface area contributed by atoms with Crippen LogP contribution in [-0.2, 0) is 0 Å². The van der Waals surface area contributed by atoms with Crippen LogP contribution in [0, 0.1) is 11.7 Å². The molecule has 0 radical (unpaired) electrons. The van der Waals surface area contributed by atoms with E-state index in [1.54, 1.807) is 12.1 Å². The molecular weight excluding hydrogens is 273 g/mol. The van der Waals surface area contributed by atoms with E-state index in [1.165, 1.54) is 31.7 Å². The Bertz CT molecular complexity index is 433. The molecule has 3 heteroatoms. The topological polar surface area (TPSA) is 12.0 Å². The van der Waals surface area contributed by atoms with Crippen LogP contribution >= 0.6 is 11.6 Å².